The average molecular weight is 232 g/mol. The minimum absolute atomic E-state index is 0.757. The Morgan fingerprint density at radius 2 is 2.19 bits per heavy atom. The van der Waals surface area contributed by atoms with Crippen molar-refractivity contribution < 1.29 is 0 Å². The Morgan fingerprint density at radius 3 is 3.00 bits per heavy atom. The first kappa shape index (κ1) is 9.48. The number of halogens is 1. The van der Waals surface area contributed by atoms with Gasteiger partial charge in [-0.25, -0.2) is 4.98 Å². The summed E-state index contributed by atoms with van der Waals surface area (Å²) in [5.41, 5.74) is 2.30. The van der Waals surface area contributed by atoms with E-state index < -0.39 is 0 Å². The molecule has 0 atom stereocenters. The molecule has 0 amide bonds. The van der Waals surface area contributed by atoms with Crippen LogP contribution in [0.15, 0.2) is 36.8 Å². The molecule has 16 heavy (non-hydrogen) atoms. The number of fused-ring (bicyclic) bond motifs is 1. The van der Waals surface area contributed by atoms with E-state index >= 15 is 0 Å². The van der Waals surface area contributed by atoms with E-state index in [4.69, 9.17) is 11.6 Å². The van der Waals surface area contributed by atoms with Crippen molar-refractivity contribution in [2.75, 3.05) is 0 Å². The third kappa shape index (κ3) is 1.59. The first-order valence-corrected chi connectivity index (χ1v) is 5.44. The van der Waals surface area contributed by atoms with Crippen molar-refractivity contribution >= 4 is 22.5 Å². The van der Waals surface area contributed by atoms with Crippen LogP contribution in [0.25, 0.3) is 10.9 Å². The first-order valence-electron chi connectivity index (χ1n) is 5.07. The van der Waals surface area contributed by atoms with Crippen LogP contribution in [0.4, 0.5) is 0 Å². The Morgan fingerprint density at radius 1 is 1.25 bits per heavy atom. The summed E-state index contributed by atoms with van der Waals surface area (Å²) in [6.45, 7) is 0. The molecule has 0 saturated heterocycles. The van der Waals surface area contributed by atoms with Crippen LogP contribution in [0.2, 0.25) is 5.02 Å². The number of nitrogens with zero attached hydrogens (tertiary/aromatic N) is 1. The molecule has 0 fully saturated rings. The highest BCUT2D eigenvalue weighted by Crippen LogP contribution is 2.23. The van der Waals surface area contributed by atoms with Gasteiger partial charge < -0.3 is 9.97 Å². The molecule has 0 saturated carbocycles. The lowest BCUT2D eigenvalue weighted by Crippen LogP contribution is -1.88. The lowest BCUT2D eigenvalue weighted by atomic mass is 10.1. The maximum Gasteiger partial charge on any atom is 0.110 e. The van der Waals surface area contributed by atoms with Crippen LogP contribution in [0.5, 0.6) is 0 Å². The zero-order valence-corrected chi connectivity index (χ0v) is 9.25. The lowest BCUT2D eigenvalue weighted by Gasteiger charge is -1.97. The molecular weight excluding hydrogens is 222 g/mol. The normalized spacial score (nSPS) is 11.1. The first-order chi connectivity index (χ1) is 7.83. The van der Waals surface area contributed by atoms with Crippen LogP contribution in [-0.2, 0) is 6.42 Å². The number of benzene rings is 1. The van der Waals surface area contributed by atoms with E-state index in [-0.39, 0.29) is 0 Å². The molecule has 0 unspecified atom stereocenters. The summed E-state index contributed by atoms with van der Waals surface area (Å²) in [5.74, 6) is 0.959. The van der Waals surface area contributed by atoms with E-state index in [2.05, 4.69) is 15.0 Å². The fourth-order valence-corrected chi connectivity index (χ4v) is 2.04. The van der Waals surface area contributed by atoms with Crippen LogP contribution in [0.3, 0.4) is 0 Å². The van der Waals surface area contributed by atoms with E-state index in [0.29, 0.717) is 0 Å². The maximum absolute atomic E-state index is 5.99. The molecule has 0 spiro atoms. The van der Waals surface area contributed by atoms with E-state index in [1.165, 1.54) is 5.56 Å². The number of rotatable bonds is 2. The predicted molar refractivity (Wildman–Crippen MR) is 64.7 cm³/mol. The number of hydrogen-bond acceptors (Lipinski definition) is 1. The SMILES string of the molecule is Clc1ccc2[nH]cc(Cc3ncc[nH]3)c2c1. The topological polar surface area (TPSA) is 44.5 Å². The van der Waals surface area contributed by atoms with Crippen molar-refractivity contribution in [1.29, 1.82) is 0 Å². The quantitative estimate of drug-likeness (QED) is 0.699. The molecule has 0 aliphatic rings. The molecule has 3 aromatic rings. The van der Waals surface area contributed by atoms with Crippen LogP contribution in [0, 0.1) is 0 Å². The highest BCUT2D eigenvalue weighted by Gasteiger charge is 2.06. The number of aromatic nitrogens is 3. The zero-order chi connectivity index (χ0) is 11.0. The molecule has 2 N–H and O–H groups in total. The monoisotopic (exact) mass is 231 g/mol. The predicted octanol–water partition coefficient (Wildman–Crippen LogP) is 3.14. The minimum Gasteiger partial charge on any atom is -0.361 e. The van der Waals surface area contributed by atoms with E-state index in [1.807, 2.05) is 30.6 Å². The van der Waals surface area contributed by atoms with Crippen molar-refractivity contribution in [3.05, 3.63) is 53.2 Å². The van der Waals surface area contributed by atoms with Gasteiger partial charge in [0.25, 0.3) is 0 Å². The van der Waals surface area contributed by atoms with Crippen molar-refractivity contribution in [3.63, 3.8) is 0 Å². The summed E-state index contributed by atoms with van der Waals surface area (Å²) in [4.78, 5) is 10.5. The summed E-state index contributed by atoms with van der Waals surface area (Å²) in [6, 6.07) is 5.85. The molecule has 0 radical (unpaired) electrons. The minimum atomic E-state index is 0.757. The van der Waals surface area contributed by atoms with Gasteiger partial charge in [-0.15, -0.1) is 0 Å². The standard InChI is InChI=1S/C12H10ClN3/c13-9-1-2-11-10(6-9)8(7-16-11)5-12-14-3-4-15-12/h1-4,6-7,16H,5H2,(H,14,15). The molecule has 0 aliphatic heterocycles. The molecule has 2 heterocycles. The van der Waals surface area contributed by atoms with Gasteiger partial charge in [0.15, 0.2) is 0 Å². The van der Waals surface area contributed by atoms with Gasteiger partial charge in [0.1, 0.15) is 5.82 Å². The number of nitrogens with one attached hydrogen (secondary N) is 2. The Bertz CT molecular complexity index is 610. The molecule has 0 bridgehead atoms. The molecule has 1 aromatic carbocycles. The second-order valence-corrected chi connectivity index (χ2v) is 4.15. The highest BCUT2D eigenvalue weighted by atomic mass is 35.5. The summed E-state index contributed by atoms with van der Waals surface area (Å²) in [7, 11) is 0. The third-order valence-corrected chi connectivity index (χ3v) is 2.88. The van der Waals surface area contributed by atoms with E-state index in [1.54, 1.807) is 6.20 Å². The van der Waals surface area contributed by atoms with Crippen molar-refractivity contribution in [2.45, 2.75) is 6.42 Å². The van der Waals surface area contributed by atoms with Crippen molar-refractivity contribution in [3.8, 4) is 0 Å². The summed E-state index contributed by atoms with van der Waals surface area (Å²) >= 11 is 5.99. The smallest absolute Gasteiger partial charge is 0.110 e. The lowest BCUT2D eigenvalue weighted by molar-refractivity contribution is 1.03. The largest absolute Gasteiger partial charge is 0.361 e. The van der Waals surface area contributed by atoms with Gasteiger partial charge in [-0.05, 0) is 23.8 Å². The Kier molecular flexibility index (Phi) is 2.18. The molecule has 4 heteroatoms. The van der Waals surface area contributed by atoms with Crippen molar-refractivity contribution in [1.82, 2.24) is 15.0 Å². The fourth-order valence-electron chi connectivity index (χ4n) is 1.87. The number of H-pyrrole nitrogens is 2. The summed E-state index contributed by atoms with van der Waals surface area (Å²) in [5, 5.41) is 1.91. The second kappa shape index (κ2) is 3.68. The zero-order valence-electron chi connectivity index (χ0n) is 8.50. The van der Waals surface area contributed by atoms with Crippen LogP contribution >= 0.6 is 11.6 Å². The number of aromatic amines is 2. The van der Waals surface area contributed by atoms with Crippen LogP contribution in [-0.4, -0.2) is 15.0 Å². The van der Waals surface area contributed by atoms with Crippen molar-refractivity contribution in [2.24, 2.45) is 0 Å². The van der Waals surface area contributed by atoms with Gasteiger partial charge >= 0.3 is 0 Å². The molecular formula is C12H10ClN3. The average Bonchev–Trinajstić information content (AvgIpc) is 2.90. The van der Waals surface area contributed by atoms with E-state index in [0.717, 1.165) is 28.2 Å². The molecule has 3 nitrogen and oxygen atoms in total. The van der Waals surface area contributed by atoms with Crippen LogP contribution < -0.4 is 0 Å². The molecule has 2 aromatic heterocycles. The second-order valence-electron chi connectivity index (χ2n) is 3.72. The van der Waals surface area contributed by atoms with Gasteiger partial charge in [0.05, 0.1) is 0 Å². The van der Waals surface area contributed by atoms with E-state index in [9.17, 15) is 0 Å². The number of imidazole rings is 1. The molecule has 80 valence electrons. The Labute approximate surface area is 97.5 Å². The molecule has 0 aliphatic carbocycles. The van der Waals surface area contributed by atoms with Gasteiger partial charge in [0.2, 0.25) is 0 Å². The van der Waals surface area contributed by atoms with Crippen LogP contribution in [0.1, 0.15) is 11.4 Å². The Hall–Kier alpha value is -1.74. The fraction of sp³-hybridized carbons (Fsp3) is 0.0833. The summed E-state index contributed by atoms with van der Waals surface area (Å²) < 4.78 is 0. The maximum atomic E-state index is 5.99. The van der Waals surface area contributed by atoms with Gasteiger partial charge in [0, 0.05) is 40.9 Å². The van der Waals surface area contributed by atoms with Gasteiger partial charge in [-0.3, -0.25) is 0 Å². The highest BCUT2D eigenvalue weighted by molar-refractivity contribution is 6.31. The third-order valence-electron chi connectivity index (χ3n) is 2.64. The molecule has 3 rings (SSSR count). The Balaban J connectivity index is 2.07. The van der Waals surface area contributed by atoms with Gasteiger partial charge in [-0.2, -0.15) is 0 Å². The number of hydrogen-bond donors (Lipinski definition) is 2. The van der Waals surface area contributed by atoms with Gasteiger partial charge in [-0.1, -0.05) is 11.6 Å². The summed E-state index contributed by atoms with van der Waals surface area (Å²) in [6.07, 6.45) is 6.38.